The molecule has 18 heavy (non-hydrogen) atoms. The molecule has 0 aromatic heterocycles. The molecule has 0 radical (unpaired) electrons. The van der Waals surface area contributed by atoms with Crippen molar-refractivity contribution >= 4 is 23.4 Å². The molecule has 2 N–H and O–H groups in total. The third-order valence-corrected chi connectivity index (χ3v) is 2.56. The van der Waals surface area contributed by atoms with Crippen LogP contribution in [-0.4, -0.2) is 11.2 Å². The van der Waals surface area contributed by atoms with Crippen LogP contribution in [0.15, 0.2) is 42.5 Å². The molecule has 92 valence electrons. The van der Waals surface area contributed by atoms with E-state index in [9.17, 15) is 9.18 Å². The van der Waals surface area contributed by atoms with Crippen LogP contribution in [0.2, 0.25) is 5.02 Å². The van der Waals surface area contributed by atoms with Gasteiger partial charge in [0.15, 0.2) is 0 Å². The second kappa shape index (κ2) is 5.06. The van der Waals surface area contributed by atoms with Crippen LogP contribution in [0.1, 0.15) is 0 Å². The van der Waals surface area contributed by atoms with Gasteiger partial charge in [0.25, 0.3) is 0 Å². The average Bonchev–Trinajstić information content (AvgIpc) is 2.27. The van der Waals surface area contributed by atoms with Gasteiger partial charge in [0, 0.05) is 10.6 Å². The SMILES string of the molecule is O=C(O)Nc1ccccc1-c1cc(F)cc(Cl)c1. The summed E-state index contributed by atoms with van der Waals surface area (Å²) in [6.45, 7) is 0. The lowest BCUT2D eigenvalue weighted by Crippen LogP contribution is -2.08. The van der Waals surface area contributed by atoms with E-state index < -0.39 is 11.9 Å². The highest BCUT2D eigenvalue weighted by Gasteiger charge is 2.08. The van der Waals surface area contributed by atoms with Crippen molar-refractivity contribution in [3.8, 4) is 11.1 Å². The first-order valence-corrected chi connectivity index (χ1v) is 5.49. The molecule has 0 unspecified atom stereocenters. The number of nitrogens with one attached hydrogen (secondary N) is 1. The highest BCUT2D eigenvalue weighted by atomic mass is 35.5. The van der Waals surface area contributed by atoms with Crippen LogP contribution in [0.4, 0.5) is 14.9 Å². The van der Waals surface area contributed by atoms with Crippen molar-refractivity contribution in [2.45, 2.75) is 0 Å². The van der Waals surface area contributed by atoms with Gasteiger partial charge in [-0.15, -0.1) is 0 Å². The van der Waals surface area contributed by atoms with Crippen LogP contribution in [-0.2, 0) is 0 Å². The van der Waals surface area contributed by atoms with Crippen molar-refractivity contribution in [2.24, 2.45) is 0 Å². The number of hydrogen-bond donors (Lipinski definition) is 2. The molecule has 5 heteroatoms. The quantitative estimate of drug-likeness (QED) is 0.853. The van der Waals surface area contributed by atoms with E-state index in [-0.39, 0.29) is 5.02 Å². The summed E-state index contributed by atoms with van der Waals surface area (Å²) in [5, 5.41) is 11.3. The monoisotopic (exact) mass is 265 g/mol. The number of benzene rings is 2. The zero-order valence-corrected chi connectivity index (χ0v) is 9.91. The van der Waals surface area contributed by atoms with Crippen LogP contribution in [0.5, 0.6) is 0 Å². The van der Waals surface area contributed by atoms with Gasteiger partial charge in [-0.05, 0) is 29.8 Å². The lowest BCUT2D eigenvalue weighted by Gasteiger charge is -2.09. The van der Waals surface area contributed by atoms with Crippen molar-refractivity contribution < 1.29 is 14.3 Å². The lowest BCUT2D eigenvalue weighted by atomic mass is 10.0. The van der Waals surface area contributed by atoms with Gasteiger partial charge in [0.05, 0.1) is 5.69 Å². The predicted octanol–water partition coefficient (Wildman–Crippen LogP) is 4.24. The van der Waals surface area contributed by atoms with Crippen molar-refractivity contribution in [2.75, 3.05) is 5.32 Å². The van der Waals surface area contributed by atoms with Crippen LogP contribution in [0.3, 0.4) is 0 Å². The maximum absolute atomic E-state index is 13.3. The molecule has 0 aliphatic rings. The number of hydrogen-bond acceptors (Lipinski definition) is 1. The minimum atomic E-state index is -1.18. The van der Waals surface area contributed by atoms with Crippen LogP contribution >= 0.6 is 11.6 Å². The molecule has 0 saturated heterocycles. The molecule has 0 spiro atoms. The fourth-order valence-corrected chi connectivity index (χ4v) is 1.89. The van der Waals surface area contributed by atoms with Gasteiger partial charge < -0.3 is 5.11 Å². The maximum atomic E-state index is 13.3. The van der Waals surface area contributed by atoms with Gasteiger partial charge in [-0.1, -0.05) is 29.8 Å². The molecular weight excluding hydrogens is 257 g/mol. The van der Waals surface area contributed by atoms with Gasteiger partial charge in [-0.25, -0.2) is 9.18 Å². The second-order valence-corrected chi connectivity index (χ2v) is 4.07. The highest BCUT2D eigenvalue weighted by Crippen LogP contribution is 2.30. The van der Waals surface area contributed by atoms with E-state index in [0.717, 1.165) is 0 Å². The number of anilines is 1. The first-order chi connectivity index (χ1) is 8.56. The van der Waals surface area contributed by atoms with E-state index in [1.807, 2.05) is 0 Å². The number of halogens is 2. The van der Waals surface area contributed by atoms with E-state index in [1.54, 1.807) is 30.3 Å². The Morgan fingerprint density at radius 1 is 1.22 bits per heavy atom. The Morgan fingerprint density at radius 2 is 1.94 bits per heavy atom. The minimum Gasteiger partial charge on any atom is -0.465 e. The Hall–Kier alpha value is -2.07. The van der Waals surface area contributed by atoms with Crippen LogP contribution < -0.4 is 5.32 Å². The van der Waals surface area contributed by atoms with Crippen molar-refractivity contribution in [1.29, 1.82) is 0 Å². The molecule has 0 bridgehead atoms. The predicted molar refractivity (Wildman–Crippen MR) is 68.5 cm³/mol. The first kappa shape index (κ1) is 12.4. The van der Waals surface area contributed by atoms with Crippen LogP contribution in [0, 0.1) is 5.82 Å². The topological polar surface area (TPSA) is 49.3 Å². The summed E-state index contributed by atoms with van der Waals surface area (Å²) in [7, 11) is 0. The van der Waals surface area contributed by atoms with E-state index in [2.05, 4.69) is 5.32 Å². The molecule has 0 atom stereocenters. The van der Waals surface area contributed by atoms with Gasteiger partial charge in [0.2, 0.25) is 0 Å². The molecule has 2 rings (SSSR count). The third-order valence-electron chi connectivity index (χ3n) is 2.34. The Labute approximate surface area is 108 Å². The summed E-state index contributed by atoms with van der Waals surface area (Å²) in [5.74, 6) is -0.470. The van der Waals surface area contributed by atoms with E-state index in [4.69, 9.17) is 16.7 Å². The molecule has 0 aliphatic carbocycles. The molecule has 0 aliphatic heterocycles. The van der Waals surface area contributed by atoms with E-state index >= 15 is 0 Å². The largest absolute Gasteiger partial charge is 0.465 e. The molecule has 0 heterocycles. The molecule has 1 amide bonds. The number of amides is 1. The summed E-state index contributed by atoms with van der Waals surface area (Å²) in [5.41, 5.74) is 1.47. The normalized spacial score (nSPS) is 10.1. The Morgan fingerprint density at radius 3 is 2.61 bits per heavy atom. The Kier molecular flexibility index (Phi) is 3.48. The van der Waals surface area contributed by atoms with Crippen molar-refractivity contribution in [3.63, 3.8) is 0 Å². The lowest BCUT2D eigenvalue weighted by molar-refractivity contribution is 0.210. The maximum Gasteiger partial charge on any atom is 0.409 e. The molecule has 0 saturated carbocycles. The first-order valence-electron chi connectivity index (χ1n) is 5.12. The van der Waals surface area contributed by atoms with Gasteiger partial charge in [-0.2, -0.15) is 0 Å². The van der Waals surface area contributed by atoms with Crippen molar-refractivity contribution in [3.05, 3.63) is 53.3 Å². The highest BCUT2D eigenvalue weighted by molar-refractivity contribution is 6.30. The molecule has 0 fully saturated rings. The number of carbonyl (C=O) groups is 1. The van der Waals surface area contributed by atoms with Crippen molar-refractivity contribution in [1.82, 2.24) is 0 Å². The fraction of sp³-hybridized carbons (Fsp3) is 0. The van der Waals surface area contributed by atoms with Gasteiger partial charge >= 0.3 is 6.09 Å². The minimum absolute atomic E-state index is 0.259. The number of rotatable bonds is 2. The zero-order valence-electron chi connectivity index (χ0n) is 9.15. The molecule has 2 aromatic rings. The molecule has 3 nitrogen and oxygen atoms in total. The Balaban J connectivity index is 2.52. The molecular formula is C13H9ClFNO2. The number of carboxylic acid groups (broad SMARTS) is 1. The average molecular weight is 266 g/mol. The summed E-state index contributed by atoms with van der Waals surface area (Å²) >= 11 is 5.78. The summed E-state index contributed by atoms with van der Waals surface area (Å²) in [6.07, 6.45) is -1.18. The summed E-state index contributed by atoms with van der Waals surface area (Å²) in [6, 6.07) is 10.8. The van der Waals surface area contributed by atoms with Gasteiger partial charge in [0.1, 0.15) is 5.82 Å². The van der Waals surface area contributed by atoms with Gasteiger partial charge in [-0.3, -0.25) is 5.32 Å². The number of para-hydroxylation sites is 1. The fourth-order valence-electron chi connectivity index (χ4n) is 1.67. The second-order valence-electron chi connectivity index (χ2n) is 3.63. The van der Waals surface area contributed by atoms with E-state index in [0.29, 0.717) is 16.8 Å². The third kappa shape index (κ3) is 2.78. The standard InChI is InChI=1S/C13H9ClFNO2/c14-9-5-8(6-10(15)7-9)11-3-1-2-4-12(11)16-13(17)18/h1-7,16H,(H,17,18). The van der Waals surface area contributed by atoms with E-state index in [1.165, 1.54) is 12.1 Å². The smallest absolute Gasteiger partial charge is 0.409 e. The Bertz CT molecular complexity index is 581. The summed E-state index contributed by atoms with van der Waals surface area (Å²) in [4.78, 5) is 10.7. The molecule has 2 aromatic carbocycles. The van der Waals surface area contributed by atoms with Crippen LogP contribution in [0.25, 0.3) is 11.1 Å². The zero-order chi connectivity index (χ0) is 13.1. The summed E-state index contributed by atoms with van der Waals surface area (Å²) < 4.78 is 13.3.